The van der Waals surface area contributed by atoms with Crippen LogP contribution in [0.3, 0.4) is 0 Å². The van der Waals surface area contributed by atoms with Gasteiger partial charge in [0, 0.05) is 11.4 Å². The van der Waals surface area contributed by atoms with E-state index in [4.69, 9.17) is 10.2 Å². The lowest BCUT2D eigenvalue weighted by Gasteiger charge is -2.10. The van der Waals surface area contributed by atoms with Gasteiger partial charge in [0.2, 0.25) is 0 Å². The number of aliphatic hydroxyl groups is 1. The Morgan fingerprint density at radius 2 is 1.62 bits per heavy atom. The predicted octanol–water partition coefficient (Wildman–Crippen LogP) is 6.68. The lowest BCUT2D eigenvalue weighted by atomic mass is 10.1. The van der Waals surface area contributed by atoms with E-state index in [9.17, 15) is 0 Å². The van der Waals surface area contributed by atoms with Crippen LogP contribution in [0.5, 0.6) is 0 Å². The zero-order valence-corrected chi connectivity index (χ0v) is 20.7. The molecule has 0 amide bonds. The van der Waals surface area contributed by atoms with Gasteiger partial charge in [0.1, 0.15) is 5.69 Å². The number of aromatic nitrogens is 2. The number of nitrogens with zero attached hydrogens (tertiary/aromatic N) is 2. The largest absolute Gasteiger partial charge is 0.392 e. The smallest absolute Gasteiger partial charge is 0.108 e. The summed E-state index contributed by atoms with van der Waals surface area (Å²) in [5.41, 5.74) is 9.71. The molecule has 0 saturated heterocycles. The van der Waals surface area contributed by atoms with Crippen LogP contribution < -0.4 is 5.32 Å². The third-order valence-corrected chi connectivity index (χ3v) is 5.80. The van der Waals surface area contributed by atoms with Crippen molar-refractivity contribution in [3.05, 3.63) is 125 Å². The van der Waals surface area contributed by atoms with Crippen molar-refractivity contribution in [2.75, 3.05) is 5.32 Å². The third kappa shape index (κ3) is 6.93. The van der Waals surface area contributed by atoms with Crippen molar-refractivity contribution in [1.29, 1.82) is 0 Å². The number of aliphatic hydroxyl groups excluding tert-OH is 1. The van der Waals surface area contributed by atoms with Crippen molar-refractivity contribution in [3.8, 4) is 0 Å². The highest BCUT2D eigenvalue weighted by atomic mass is 16.3. The van der Waals surface area contributed by atoms with Crippen LogP contribution in [0.15, 0.2) is 85.4 Å². The summed E-state index contributed by atoms with van der Waals surface area (Å²) in [5.74, 6) is 0. The van der Waals surface area contributed by atoms with Gasteiger partial charge in [-0.05, 0) is 67.6 Å². The molecular weight excluding hydrogens is 418 g/mol. The first-order valence-corrected chi connectivity index (χ1v) is 11.7. The highest BCUT2D eigenvalue weighted by Crippen LogP contribution is 2.19. The number of nitrogens with one attached hydrogen (secondary N) is 1. The molecule has 0 unspecified atom stereocenters. The van der Waals surface area contributed by atoms with Crippen LogP contribution in [-0.2, 0) is 19.6 Å². The zero-order chi connectivity index (χ0) is 24.5. The van der Waals surface area contributed by atoms with Crippen molar-refractivity contribution < 1.29 is 5.11 Å². The molecule has 4 nitrogen and oxygen atoms in total. The van der Waals surface area contributed by atoms with Crippen LogP contribution in [-0.4, -0.2) is 14.9 Å². The molecule has 0 radical (unpaired) electrons. The average molecular weight is 454 g/mol. The predicted molar refractivity (Wildman–Crippen MR) is 143 cm³/mol. The van der Waals surface area contributed by atoms with Gasteiger partial charge in [0.05, 0.1) is 18.8 Å². The van der Waals surface area contributed by atoms with Crippen molar-refractivity contribution in [1.82, 2.24) is 9.78 Å². The Morgan fingerprint density at radius 3 is 2.24 bits per heavy atom. The Bertz CT molecular complexity index is 1210. The van der Waals surface area contributed by atoms with Crippen molar-refractivity contribution in [3.63, 3.8) is 0 Å². The first-order chi connectivity index (χ1) is 16.4. The molecule has 0 fully saturated rings. The maximum absolute atomic E-state index is 9.13. The van der Waals surface area contributed by atoms with Gasteiger partial charge in [-0.2, -0.15) is 5.10 Å². The molecule has 176 valence electrons. The van der Waals surface area contributed by atoms with Gasteiger partial charge in [0.15, 0.2) is 0 Å². The van der Waals surface area contributed by atoms with Gasteiger partial charge in [-0.25, -0.2) is 0 Å². The lowest BCUT2D eigenvalue weighted by Crippen LogP contribution is -2.06. The molecular formula is C30H35N3O. The lowest BCUT2D eigenvalue weighted by molar-refractivity contribution is 0.282. The van der Waals surface area contributed by atoms with Gasteiger partial charge >= 0.3 is 0 Å². The zero-order valence-electron chi connectivity index (χ0n) is 20.7. The first kappa shape index (κ1) is 25.0. The number of rotatable bonds is 7. The van der Waals surface area contributed by atoms with E-state index in [2.05, 4.69) is 82.1 Å². The fraction of sp³-hybridized carbons (Fsp3) is 0.233. The van der Waals surface area contributed by atoms with Crippen molar-refractivity contribution in [2.24, 2.45) is 0 Å². The van der Waals surface area contributed by atoms with Crippen LogP contribution in [0.1, 0.15) is 46.1 Å². The Labute approximate surface area is 203 Å². The van der Waals surface area contributed by atoms with E-state index in [1.165, 1.54) is 22.3 Å². The first-order valence-electron chi connectivity index (χ1n) is 11.7. The molecule has 0 aliphatic heterocycles. The molecule has 0 saturated carbocycles. The summed E-state index contributed by atoms with van der Waals surface area (Å²) in [5, 5.41) is 17.1. The standard InChI is InChI=1S/C22H25N3O.C8H10/c1-15-5-6-16(2)20(11-15)13-25-17(3)12-22(24-25)18(4)23-21-9-7-19(14-26)8-10-21;1-2-8-6-4-3-5-7-8/h5-12,23,26H,4,13-14H2,1-3H3;3-7H,2H2,1H3. The summed E-state index contributed by atoms with van der Waals surface area (Å²) in [7, 11) is 0. The van der Waals surface area contributed by atoms with Gasteiger partial charge in [0.25, 0.3) is 0 Å². The molecule has 1 heterocycles. The van der Waals surface area contributed by atoms with Crippen LogP contribution in [0.2, 0.25) is 0 Å². The molecule has 4 aromatic rings. The summed E-state index contributed by atoms with van der Waals surface area (Å²) in [6.45, 7) is 13.4. The Balaban J connectivity index is 0.000000343. The summed E-state index contributed by atoms with van der Waals surface area (Å²) in [6, 6.07) is 26.6. The fourth-order valence-electron chi connectivity index (χ4n) is 3.60. The Kier molecular flexibility index (Phi) is 8.83. The molecule has 0 bridgehead atoms. The second kappa shape index (κ2) is 12.0. The third-order valence-electron chi connectivity index (χ3n) is 5.80. The monoisotopic (exact) mass is 453 g/mol. The molecule has 2 N–H and O–H groups in total. The molecule has 4 rings (SSSR count). The van der Waals surface area contributed by atoms with Gasteiger partial charge in [-0.1, -0.05) is 79.7 Å². The summed E-state index contributed by atoms with van der Waals surface area (Å²) < 4.78 is 2.01. The second-order valence-electron chi connectivity index (χ2n) is 8.56. The number of hydrogen-bond acceptors (Lipinski definition) is 3. The number of anilines is 1. The van der Waals surface area contributed by atoms with E-state index >= 15 is 0 Å². The SMILES string of the molecule is C=C(Nc1ccc(CO)cc1)c1cc(C)n(Cc2cc(C)ccc2C)n1.CCc1ccccc1. The minimum atomic E-state index is 0.0448. The minimum absolute atomic E-state index is 0.0448. The molecule has 34 heavy (non-hydrogen) atoms. The highest BCUT2D eigenvalue weighted by molar-refractivity contribution is 5.73. The van der Waals surface area contributed by atoms with E-state index in [0.717, 1.165) is 41.3 Å². The Morgan fingerprint density at radius 1 is 0.912 bits per heavy atom. The van der Waals surface area contributed by atoms with Crippen LogP contribution >= 0.6 is 0 Å². The maximum atomic E-state index is 9.13. The topological polar surface area (TPSA) is 50.1 Å². The molecule has 3 aromatic carbocycles. The van der Waals surface area contributed by atoms with Crippen LogP contribution in [0, 0.1) is 20.8 Å². The van der Waals surface area contributed by atoms with E-state index in [0.29, 0.717) is 0 Å². The molecule has 4 heteroatoms. The van der Waals surface area contributed by atoms with E-state index in [-0.39, 0.29) is 6.61 Å². The molecule has 0 aliphatic carbocycles. The van der Waals surface area contributed by atoms with Crippen LogP contribution in [0.4, 0.5) is 5.69 Å². The number of benzene rings is 3. The van der Waals surface area contributed by atoms with E-state index < -0.39 is 0 Å². The summed E-state index contributed by atoms with van der Waals surface area (Å²) >= 11 is 0. The number of hydrogen-bond donors (Lipinski definition) is 2. The molecule has 0 atom stereocenters. The summed E-state index contributed by atoms with van der Waals surface area (Å²) in [6.07, 6.45) is 1.14. The van der Waals surface area contributed by atoms with Crippen molar-refractivity contribution >= 4 is 11.4 Å². The maximum Gasteiger partial charge on any atom is 0.108 e. The molecule has 0 spiro atoms. The van der Waals surface area contributed by atoms with Gasteiger partial charge < -0.3 is 10.4 Å². The second-order valence-corrected chi connectivity index (χ2v) is 8.56. The Hall–Kier alpha value is -3.63. The van der Waals surface area contributed by atoms with E-state index in [1.807, 2.05) is 41.1 Å². The summed E-state index contributed by atoms with van der Waals surface area (Å²) in [4.78, 5) is 0. The average Bonchev–Trinajstić information content (AvgIpc) is 3.23. The van der Waals surface area contributed by atoms with Crippen LogP contribution in [0.25, 0.3) is 5.70 Å². The van der Waals surface area contributed by atoms with Gasteiger partial charge in [-0.15, -0.1) is 0 Å². The molecule has 0 aliphatic rings. The number of aryl methyl sites for hydroxylation is 4. The van der Waals surface area contributed by atoms with Crippen molar-refractivity contribution in [2.45, 2.75) is 47.3 Å². The molecule has 1 aromatic heterocycles. The fourth-order valence-corrected chi connectivity index (χ4v) is 3.60. The normalized spacial score (nSPS) is 10.4. The van der Waals surface area contributed by atoms with E-state index in [1.54, 1.807) is 0 Å². The quantitative estimate of drug-likeness (QED) is 0.328. The van der Waals surface area contributed by atoms with Gasteiger partial charge in [-0.3, -0.25) is 4.68 Å². The highest BCUT2D eigenvalue weighted by Gasteiger charge is 2.10. The minimum Gasteiger partial charge on any atom is -0.392 e.